The molecule has 2 aliphatic rings. The van der Waals surface area contributed by atoms with E-state index in [0.717, 1.165) is 12.8 Å². The lowest BCUT2D eigenvalue weighted by Gasteiger charge is -2.35. The number of aromatic nitrogens is 1. The molecule has 0 fully saturated rings. The molecule has 0 bridgehead atoms. The van der Waals surface area contributed by atoms with E-state index in [0.29, 0.717) is 5.92 Å². The summed E-state index contributed by atoms with van der Waals surface area (Å²) in [6, 6.07) is 82.9. The third-order valence-electron chi connectivity index (χ3n) is 14.4. The van der Waals surface area contributed by atoms with Gasteiger partial charge in [-0.3, -0.25) is 0 Å². The third-order valence-corrected chi connectivity index (χ3v) is 19.1. The molecule has 0 aliphatic heterocycles. The molecule has 2 aliphatic carbocycles. The van der Waals surface area contributed by atoms with E-state index < -0.39 is 8.07 Å². The summed E-state index contributed by atoms with van der Waals surface area (Å²) in [5.41, 5.74) is 16.4. The normalized spacial score (nSPS) is 14.9. The molecule has 9 aromatic carbocycles. The minimum Gasteiger partial charge on any atom is -0.309 e. The zero-order valence-corrected chi connectivity index (χ0v) is 36.2. The first kappa shape index (κ1) is 36.8. The van der Waals surface area contributed by atoms with E-state index in [2.05, 4.69) is 237 Å². The van der Waals surface area contributed by atoms with Gasteiger partial charge < -0.3 is 4.57 Å². The van der Waals surface area contributed by atoms with Crippen LogP contribution in [0.4, 0.5) is 0 Å². The zero-order valence-electron chi connectivity index (χ0n) is 35.2. The van der Waals surface area contributed by atoms with Gasteiger partial charge in [0, 0.05) is 21.9 Å². The Kier molecular flexibility index (Phi) is 8.49. The Hall–Kier alpha value is -7.00. The molecule has 1 unspecified atom stereocenters. The summed E-state index contributed by atoms with van der Waals surface area (Å²) in [4.78, 5) is 0. The smallest absolute Gasteiger partial charge is 0.179 e. The number of benzene rings is 9. The molecule has 0 saturated heterocycles. The average molecular weight is 810 g/mol. The van der Waals surface area contributed by atoms with Gasteiger partial charge in [-0.05, 0) is 120 Å². The Morgan fingerprint density at radius 1 is 0.452 bits per heavy atom. The Morgan fingerprint density at radius 3 is 1.71 bits per heavy atom. The molecule has 0 saturated carbocycles. The molecule has 0 radical (unpaired) electrons. The molecule has 10 aromatic rings. The summed E-state index contributed by atoms with van der Waals surface area (Å²) in [5, 5.41) is 8.14. The quantitative estimate of drug-likeness (QED) is 0.112. The van der Waals surface area contributed by atoms with E-state index in [1.54, 1.807) is 0 Å². The van der Waals surface area contributed by atoms with Crippen LogP contribution >= 0.6 is 0 Å². The van der Waals surface area contributed by atoms with Crippen molar-refractivity contribution in [1.82, 2.24) is 4.57 Å². The van der Waals surface area contributed by atoms with Gasteiger partial charge in [-0.1, -0.05) is 202 Å². The summed E-state index contributed by atoms with van der Waals surface area (Å²) in [6.45, 7) is 4.80. The fourth-order valence-electron chi connectivity index (χ4n) is 11.5. The third kappa shape index (κ3) is 5.53. The van der Waals surface area contributed by atoms with Crippen LogP contribution in [0.5, 0.6) is 0 Å². The van der Waals surface area contributed by atoms with E-state index in [-0.39, 0.29) is 5.41 Å². The molecule has 1 atom stereocenters. The highest BCUT2D eigenvalue weighted by atomic mass is 28.3. The lowest BCUT2D eigenvalue weighted by atomic mass is 9.74. The van der Waals surface area contributed by atoms with Crippen LogP contribution in [0.3, 0.4) is 0 Å². The van der Waals surface area contributed by atoms with Gasteiger partial charge in [0.25, 0.3) is 0 Å². The van der Waals surface area contributed by atoms with Gasteiger partial charge in [0.2, 0.25) is 0 Å². The maximum atomic E-state index is 2.58. The van der Waals surface area contributed by atoms with Crippen molar-refractivity contribution in [3.05, 3.63) is 246 Å². The van der Waals surface area contributed by atoms with Crippen molar-refractivity contribution < 1.29 is 0 Å². The van der Waals surface area contributed by atoms with Crippen molar-refractivity contribution >= 4 is 50.6 Å². The summed E-state index contributed by atoms with van der Waals surface area (Å²) < 4.78 is 2.43. The maximum absolute atomic E-state index is 2.81. The Morgan fingerprint density at radius 2 is 1.02 bits per heavy atom. The number of hydrogen-bond acceptors (Lipinski definition) is 0. The van der Waals surface area contributed by atoms with Gasteiger partial charge in [-0.2, -0.15) is 0 Å². The fraction of sp³-hybridized carbons (Fsp3) is 0.100. The molecule has 62 heavy (non-hydrogen) atoms. The molecule has 1 nitrogen and oxygen atoms in total. The first-order valence-electron chi connectivity index (χ1n) is 22.2. The van der Waals surface area contributed by atoms with Crippen molar-refractivity contribution in [2.24, 2.45) is 0 Å². The van der Waals surface area contributed by atoms with Gasteiger partial charge in [0.1, 0.15) is 0 Å². The first-order chi connectivity index (χ1) is 30.5. The summed E-state index contributed by atoms with van der Waals surface area (Å²) in [6.07, 6.45) is 2.01. The van der Waals surface area contributed by atoms with Crippen molar-refractivity contribution in [3.63, 3.8) is 0 Å². The average Bonchev–Trinajstić information content (AvgIpc) is 3.78. The molecule has 1 aromatic heterocycles. The van der Waals surface area contributed by atoms with Gasteiger partial charge in [-0.25, -0.2) is 0 Å². The zero-order chi connectivity index (χ0) is 41.4. The van der Waals surface area contributed by atoms with E-state index in [9.17, 15) is 0 Å². The first-order valence-corrected chi connectivity index (χ1v) is 24.2. The standard InChI is InChI=1S/C60H47NSi/c1-60(2)56-29-14-11-26-51(56)55-40-54-43(39-57(55)60)38-42(49-24-9-10-25-50(49)54)36-41-18-17-23-48(37-41)62(45-19-5-3-6-20-45,46-21-7-4-8-22-46)47-34-32-44(33-35-47)61-58-30-15-12-27-52(58)53-28-13-16-31-59(53)61/h3-35,37,39-40,42H,36,38H2,1-2H3. The molecular weight excluding hydrogens is 763 g/mol. The van der Waals surface area contributed by atoms with Gasteiger partial charge in [0.05, 0.1) is 11.0 Å². The van der Waals surface area contributed by atoms with Crippen molar-refractivity contribution in [3.8, 4) is 27.9 Å². The van der Waals surface area contributed by atoms with Crippen LogP contribution in [0.15, 0.2) is 218 Å². The SMILES string of the molecule is CC1(C)c2ccccc2-c2cc3c(cc21)CC(Cc1cccc([Si](c2ccccc2)(c2ccccc2)c2ccc(-n4c5ccccc5c5ccccc54)cc2)c1)c1ccccc1-3. The highest BCUT2D eigenvalue weighted by Crippen LogP contribution is 2.52. The second-order valence-electron chi connectivity index (χ2n) is 18.0. The van der Waals surface area contributed by atoms with Crippen LogP contribution in [-0.4, -0.2) is 12.6 Å². The number of hydrogen-bond donors (Lipinski definition) is 0. The van der Waals surface area contributed by atoms with Crippen LogP contribution < -0.4 is 20.7 Å². The Bertz CT molecular complexity index is 3230. The van der Waals surface area contributed by atoms with Crippen LogP contribution in [-0.2, 0) is 18.3 Å². The Labute approximate surface area is 365 Å². The minimum atomic E-state index is -2.81. The van der Waals surface area contributed by atoms with Gasteiger partial charge in [-0.15, -0.1) is 0 Å². The van der Waals surface area contributed by atoms with Crippen LogP contribution in [0.25, 0.3) is 49.7 Å². The van der Waals surface area contributed by atoms with Gasteiger partial charge >= 0.3 is 0 Å². The molecule has 12 rings (SSSR count). The molecule has 1 heterocycles. The van der Waals surface area contributed by atoms with E-state index in [1.165, 1.54) is 98.3 Å². The lowest BCUT2D eigenvalue weighted by molar-refractivity contribution is 0.649. The van der Waals surface area contributed by atoms with E-state index >= 15 is 0 Å². The largest absolute Gasteiger partial charge is 0.309 e. The topological polar surface area (TPSA) is 4.93 Å². The maximum Gasteiger partial charge on any atom is 0.179 e. The van der Waals surface area contributed by atoms with E-state index in [1.807, 2.05) is 0 Å². The van der Waals surface area contributed by atoms with Crippen molar-refractivity contribution in [2.45, 2.75) is 38.0 Å². The lowest BCUT2D eigenvalue weighted by Crippen LogP contribution is -2.74. The molecule has 296 valence electrons. The van der Waals surface area contributed by atoms with E-state index in [4.69, 9.17) is 0 Å². The van der Waals surface area contributed by atoms with Crippen LogP contribution in [0.2, 0.25) is 0 Å². The van der Waals surface area contributed by atoms with Gasteiger partial charge in [0.15, 0.2) is 8.07 Å². The summed E-state index contributed by atoms with van der Waals surface area (Å²) in [5.74, 6) is 0.369. The number of nitrogens with zero attached hydrogens (tertiary/aromatic N) is 1. The monoisotopic (exact) mass is 809 g/mol. The number of rotatable bonds is 7. The Balaban J connectivity index is 0.982. The minimum absolute atomic E-state index is 0.0216. The highest BCUT2D eigenvalue weighted by molar-refractivity contribution is 7.19. The van der Waals surface area contributed by atoms with Crippen LogP contribution in [0, 0.1) is 0 Å². The summed E-state index contributed by atoms with van der Waals surface area (Å²) >= 11 is 0. The molecule has 0 amide bonds. The second kappa shape index (κ2) is 14.3. The number of para-hydroxylation sites is 2. The molecule has 0 N–H and O–H groups in total. The second-order valence-corrected chi connectivity index (χ2v) is 21.8. The van der Waals surface area contributed by atoms with Crippen LogP contribution in [0.1, 0.15) is 47.6 Å². The molecule has 0 spiro atoms. The number of fused-ring (bicyclic) bond motifs is 9. The predicted octanol–water partition coefficient (Wildman–Crippen LogP) is 12.0. The predicted molar refractivity (Wildman–Crippen MR) is 264 cm³/mol. The van der Waals surface area contributed by atoms with Crippen molar-refractivity contribution in [2.75, 3.05) is 0 Å². The van der Waals surface area contributed by atoms with Crippen molar-refractivity contribution in [1.29, 1.82) is 0 Å². The molecule has 2 heteroatoms. The molecular formula is C60H47NSi. The fourth-order valence-corrected chi connectivity index (χ4v) is 16.3. The summed E-state index contributed by atoms with van der Waals surface area (Å²) in [7, 11) is -2.81. The highest BCUT2D eigenvalue weighted by Gasteiger charge is 2.42.